The molecule has 0 saturated heterocycles. The molecule has 18 heavy (non-hydrogen) atoms. The molecule has 2 aromatic rings. The predicted octanol–water partition coefficient (Wildman–Crippen LogP) is 5.37. The van der Waals surface area contributed by atoms with E-state index in [1.807, 2.05) is 12.1 Å². The Hall–Kier alpha value is -1.21. The van der Waals surface area contributed by atoms with Gasteiger partial charge in [0.2, 0.25) is 0 Å². The zero-order valence-electron chi connectivity index (χ0n) is 9.05. The fourth-order valence-corrected chi connectivity index (χ4v) is 2.27. The lowest BCUT2D eigenvalue weighted by Crippen LogP contribution is -1.94. The Labute approximate surface area is 123 Å². The second-order valence-electron chi connectivity index (χ2n) is 3.55. The van der Waals surface area contributed by atoms with Crippen LogP contribution in [0.1, 0.15) is 5.56 Å². The first kappa shape index (κ1) is 13.2. The van der Waals surface area contributed by atoms with Crippen molar-refractivity contribution in [3.63, 3.8) is 0 Å². The first-order valence-electron chi connectivity index (χ1n) is 5.02. The van der Waals surface area contributed by atoms with Crippen LogP contribution in [0.3, 0.4) is 0 Å². The van der Waals surface area contributed by atoms with E-state index in [2.05, 4.69) is 27.3 Å². The third-order valence-corrected chi connectivity index (χ3v) is 3.34. The lowest BCUT2D eigenvalue weighted by atomic mass is 10.2. The first-order chi connectivity index (χ1) is 8.60. The van der Waals surface area contributed by atoms with Gasteiger partial charge in [-0.1, -0.05) is 39.1 Å². The zero-order valence-corrected chi connectivity index (χ0v) is 12.1. The van der Waals surface area contributed by atoms with E-state index < -0.39 is 0 Å². The minimum atomic E-state index is 0.509. The van der Waals surface area contributed by atoms with Gasteiger partial charge in [-0.25, -0.2) is 0 Å². The number of nitrogens with zero attached hydrogens (tertiary/aromatic N) is 1. The van der Waals surface area contributed by atoms with Gasteiger partial charge in [-0.3, -0.25) is 0 Å². The van der Waals surface area contributed by atoms with Gasteiger partial charge in [0.1, 0.15) is 6.07 Å². The van der Waals surface area contributed by atoms with Crippen molar-refractivity contribution >= 4 is 50.5 Å². The Kier molecular flexibility index (Phi) is 4.13. The van der Waals surface area contributed by atoms with Gasteiger partial charge in [-0.05, 0) is 36.4 Å². The Balaban J connectivity index is 2.37. The van der Waals surface area contributed by atoms with Crippen LogP contribution >= 0.6 is 39.1 Å². The molecule has 0 fully saturated rings. The fourth-order valence-electron chi connectivity index (χ4n) is 1.45. The third-order valence-electron chi connectivity index (χ3n) is 2.30. The van der Waals surface area contributed by atoms with E-state index in [9.17, 15) is 0 Å². The maximum Gasteiger partial charge on any atom is 0.101 e. The first-order valence-corrected chi connectivity index (χ1v) is 6.57. The van der Waals surface area contributed by atoms with Crippen molar-refractivity contribution in [2.75, 3.05) is 5.32 Å². The topological polar surface area (TPSA) is 35.8 Å². The van der Waals surface area contributed by atoms with Gasteiger partial charge in [0.25, 0.3) is 0 Å². The van der Waals surface area contributed by atoms with E-state index in [-0.39, 0.29) is 0 Å². The molecule has 0 aliphatic heterocycles. The number of anilines is 2. The summed E-state index contributed by atoms with van der Waals surface area (Å²) < 4.78 is 0.854. The van der Waals surface area contributed by atoms with Crippen LogP contribution in [0.5, 0.6) is 0 Å². The van der Waals surface area contributed by atoms with Crippen LogP contribution in [0.25, 0.3) is 0 Å². The lowest BCUT2D eigenvalue weighted by molar-refractivity contribution is 1.45. The minimum Gasteiger partial charge on any atom is -0.353 e. The Bertz CT molecular complexity index is 635. The van der Waals surface area contributed by atoms with E-state index in [4.69, 9.17) is 28.5 Å². The molecular formula is C13H7BrCl2N2. The van der Waals surface area contributed by atoms with Gasteiger partial charge in [0.05, 0.1) is 22.0 Å². The van der Waals surface area contributed by atoms with E-state index >= 15 is 0 Å². The maximum absolute atomic E-state index is 9.07. The molecule has 1 N–H and O–H groups in total. The summed E-state index contributed by atoms with van der Waals surface area (Å²) in [7, 11) is 0. The zero-order chi connectivity index (χ0) is 13.1. The van der Waals surface area contributed by atoms with Crippen molar-refractivity contribution in [2.45, 2.75) is 0 Å². The summed E-state index contributed by atoms with van der Waals surface area (Å²) in [6.07, 6.45) is 0. The van der Waals surface area contributed by atoms with Crippen LogP contribution < -0.4 is 5.32 Å². The molecular weight excluding hydrogens is 335 g/mol. The van der Waals surface area contributed by atoms with Gasteiger partial charge in [-0.2, -0.15) is 5.26 Å². The highest BCUT2D eigenvalue weighted by atomic mass is 79.9. The Morgan fingerprint density at radius 1 is 1.06 bits per heavy atom. The average Bonchev–Trinajstić information content (AvgIpc) is 2.34. The quantitative estimate of drug-likeness (QED) is 0.796. The Morgan fingerprint density at radius 3 is 2.44 bits per heavy atom. The van der Waals surface area contributed by atoms with Gasteiger partial charge in [0, 0.05) is 9.50 Å². The number of nitriles is 1. The molecule has 2 aromatic carbocycles. The van der Waals surface area contributed by atoms with Crippen molar-refractivity contribution in [1.29, 1.82) is 5.26 Å². The number of benzene rings is 2. The molecule has 90 valence electrons. The molecule has 0 unspecified atom stereocenters. The smallest absolute Gasteiger partial charge is 0.101 e. The number of hydrogen-bond donors (Lipinski definition) is 1. The van der Waals surface area contributed by atoms with Crippen molar-refractivity contribution in [3.8, 4) is 6.07 Å². The van der Waals surface area contributed by atoms with Gasteiger partial charge in [0.15, 0.2) is 0 Å². The van der Waals surface area contributed by atoms with Crippen molar-refractivity contribution in [2.24, 2.45) is 0 Å². The summed E-state index contributed by atoms with van der Waals surface area (Å²) in [5, 5.41) is 13.3. The molecule has 0 heterocycles. The van der Waals surface area contributed by atoms with E-state index in [1.165, 1.54) is 0 Å². The summed E-state index contributed by atoms with van der Waals surface area (Å²) in [5.74, 6) is 0. The van der Waals surface area contributed by atoms with E-state index in [1.54, 1.807) is 24.3 Å². The number of nitrogens with one attached hydrogen (secondary N) is 1. The van der Waals surface area contributed by atoms with Crippen LogP contribution in [0.4, 0.5) is 11.4 Å². The van der Waals surface area contributed by atoms with Crippen LogP contribution in [-0.2, 0) is 0 Å². The highest BCUT2D eigenvalue weighted by Crippen LogP contribution is 2.30. The second-order valence-corrected chi connectivity index (χ2v) is 5.31. The number of halogens is 3. The molecule has 0 aromatic heterocycles. The molecule has 2 rings (SSSR count). The van der Waals surface area contributed by atoms with Crippen LogP contribution in [0.2, 0.25) is 10.0 Å². The van der Waals surface area contributed by atoms with Crippen molar-refractivity contribution < 1.29 is 0 Å². The van der Waals surface area contributed by atoms with Crippen molar-refractivity contribution in [3.05, 3.63) is 56.5 Å². The monoisotopic (exact) mass is 340 g/mol. The molecule has 0 aliphatic rings. The summed E-state index contributed by atoms with van der Waals surface area (Å²) >= 11 is 15.2. The largest absolute Gasteiger partial charge is 0.353 e. The second kappa shape index (κ2) is 5.62. The Morgan fingerprint density at radius 2 is 1.78 bits per heavy atom. The summed E-state index contributed by atoms with van der Waals surface area (Å²) in [5.41, 5.74) is 1.94. The molecule has 0 radical (unpaired) electrons. The van der Waals surface area contributed by atoms with E-state index in [0.29, 0.717) is 27.0 Å². The minimum absolute atomic E-state index is 0.509. The summed E-state index contributed by atoms with van der Waals surface area (Å²) in [6, 6.07) is 12.7. The molecule has 5 heteroatoms. The highest BCUT2D eigenvalue weighted by molar-refractivity contribution is 9.10. The number of rotatable bonds is 2. The summed E-state index contributed by atoms with van der Waals surface area (Å²) in [6.45, 7) is 0. The molecule has 2 nitrogen and oxygen atoms in total. The lowest BCUT2D eigenvalue weighted by Gasteiger charge is -2.10. The van der Waals surface area contributed by atoms with Crippen molar-refractivity contribution in [1.82, 2.24) is 0 Å². The normalized spacial score (nSPS) is 9.89. The van der Waals surface area contributed by atoms with Gasteiger partial charge < -0.3 is 5.32 Å². The predicted molar refractivity (Wildman–Crippen MR) is 78.6 cm³/mol. The third kappa shape index (κ3) is 2.97. The van der Waals surface area contributed by atoms with Crippen LogP contribution in [0, 0.1) is 11.3 Å². The highest BCUT2D eigenvalue weighted by Gasteiger charge is 2.06. The number of hydrogen-bond acceptors (Lipinski definition) is 2. The van der Waals surface area contributed by atoms with Crippen LogP contribution in [0.15, 0.2) is 40.9 Å². The van der Waals surface area contributed by atoms with Gasteiger partial charge in [-0.15, -0.1) is 0 Å². The standard InChI is InChI=1S/C13H7BrCl2N2/c14-9-1-3-12(8(5-9)7-17)18-13-4-2-10(15)6-11(13)16/h1-6,18H. The fraction of sp³-hybridized carbons (Fsp3) is 0. The molecule has 0 saturated carbocycles. The van der Waals surface area contributed by atoms with Crippen LogP contribution in [-0.4, -0.2) is 0 Å². The molecule has 0 aliphatic carbocycles. The SMILES string of the molecule is N#Cc1cc(Br)ccc1Nc1ccc(Cl)cc1Cl. The average molecular weight is 342 g/mol. The maximum atomic E-state index is 9.07. The molecule has 0 spiro atoms. The van der Waals surface area contributed by atoms with Gasteiger partial charge >= 0.3 is 0 Å². The van der Waals surface area contributed by atoms with E-state index in [0.717, 1.165) is 4.47 Å². The molecule has 0 amide bonds. The summed E-state index contributed by atoms with van der Waals surface area (Å²) in [4.78, 5) is 0. The molecule has 0 atom stereocenters. The molecule has 0 bridgehead atoms.